The SMILES string of the molecule is C[C@@H](NC(=O)c1cn(C2(C(F)F)CC2)c(=O)cc1N[C@H]1[C@@H]2CN(C)C[C@@H]21)c1cccc(C(C)(F)F)c1F. The second kappa shape index (κ2) is 8.82. The third-order valence-corrected chi connectivity index (χ3v) is 7.96. The molecule has 3 aliphatic rings. The molecule has 200 valence electrons. The minimum absolute atomic E-state index is 0.0333. The number of benzene rings is 1. The summed E-state index contributed by atoms with van der Waals surface area (Å²) in [7, 11) is 2.01. The van der Waals surface area contributed by atoms with Gasteiger partial charge >= 0.3 is 0 Å². The molecule has 5 rings (SSSR count). The lowest BCUT2D eigenvalue weighted by Crippen LogP contribution is -2.37. The summed E-state index contributed by atoms with van der Waals surface area (Å²) in [6.07, 6.45) is -1.43. The molecule has 0 radical (unpaired) electrons. The van der Waals surface area contributed by atoms with Crippen LogP contribution in [0, 0.1) is 17.7 Å². The molecule has 2 aliphatic carbocycles. The lowest BCUT2D eigenvalue weighted by molar-refractivity contribution is 0.0135. The van der Waals surface area contributed by atoms with E-state index < -0.39 is 46.8 Å². The number of carbonyl (C=O) groups is 1. The van der Waals surface area contributed by atoms with E-state index in [0.717, 1.165) is 29.9 Å². The molecule has 0 unspecified atom stereocenters. The first-order chi connectivity index (χ1) is 17.3. The number of carbonyl (C=O) groups excluding carboxylic acids is 1. The maximum Gasteiger partial charge on any atom is 0.273 e. The maximum absolute atomic E-state index is 14.9. The van der Waals surface area contributed by atoms with Crippen molar-refractivity contribution < 1.29 is 26.7 Å². The van der Waals surface area contributed by atoms with Gasteiger partial charge in [-0.15, -0.1) is 0 Å². The fourth-order valence-corrected chi connectivity index (χ4v) is 5.58. The van der Waals surface area contributed by atoms with Gasteiger partial charge in [0.05, 0.1) is 22.9 Å². The Morgan fingerprint density at radius 2 is 1.84 bits per heavy atom. The highest BCUT2D eigenvalue weighted by molar-refractivity contribution is 5.99. The van der Waals surface area contributed by atoms with Gasteiger partial charge in [0, 0.05) is 43.9 Å². The molecule has 11 heteroatoms. The summed E-state index contributed by atoms with van der Waals surface area (Å²) in [6, 6.07) is 3.76. The number of alkyl halides is 4. The molecule has 1 aromatic carbocycles. The van der Waals surface area contributed by atoms with Crippen molar-refractivity contribution >= 4 is 11.6 Å². The normalized spacial score (nSPS) is 25.1. The summed E-state index contributed by atoms with van der Waals surface area (Å²) in [5.74, 6) is -4.57. The zero-order chi connectivity index (χ0) is 26.9. The van der Waals surface area contributed by atoms with Crippen molar-refractivity contribution in [2.45, 2.75) is 56.7 Å². The van der Waals surface area contributed by atoms with Crippen LogP contribution in [0.2, 0.25) is 0 Å². The molecule has 1 saturated heterocycles. The summed E-state index contributed by atoms with van der Waals surface area (Å²) in [5.41, 5.74) is -3.04. The summed E-state index contributed by atoms with van der Waals surface area (Å²) in [4.78, 5) is 28.4. The molecule has 6 nitrogen and oxygen atoms in total. The van der Waals surface area contributed by atoms with Crippen molar-refractivity contribution in [3.63, 3.8) is 0 Å². The van der Waals surface area contributed by atoms with Crippen LogP contribution in [0.25, 0.3) is 0 Å². The topological polar surface area (TPSA) is 66.4 Å². The van der Waals surface area contributed by atoms with Crippen molar-refractivity contribution in [3.05, 3.63) is 63.3 Å². The number of hydrogen-bond donors (Lipinski definition) is 2. The Balaban J connectivity index is 1.46. The number of anilines is 1. The van der Waals surface area contributed by atoms with Crippen molar-refractivity contribution in [2.24, 2.45) is 11.8 Å². The molecule has 2 saturated carbocycles. The van der Waals surface area contributed by atoms with E-state index in [-0.39, 0.29) is 35.7 Å². The van der Waals surface area contributed by atoms with Gasteiger partial charge in [-0.1, -0.05) is 18.2 Å². The van der Waals surface area contributed by atoms with Gasteiger partial charge < -0.3 is 20.1 Å². The predicted octanol–water partition coefficient (Wildman–Crippen LogP) is 4.32. The molecule has 4 atom stereocenters. The number of pyridine rings is 1. The van der Waals surface area contributed by atoms with E-state index in [1.54, 1.807) is 0 Å². The van der Waals surface area contributed by atoms with Gasteiger partial charge in [-0.2, -0.15) is 0 Å². The van der Waals surface area contributed by atoms with Gasteiger partial charge in [0.15, 0.2) is 0 Å². The second-order valence-corrected chi connectivity index (χ2v) is 10.7. The van der Waals surface area contributed by atoms with E-state index in [0.29, 0.717) is 18.8 Å². The lowest BCUT2D eigenvalue weighted by Gasteiger charge is -2.23. The molecule has 2 N–H and O–H groups in total. The van der Waals surface area contributed by atoms with Gasteiger partial charge in [-0.25, -0.2) is 22.0 Å². The molecule has 0 spiro atoms. The average molecular weight is 525 g/mol. The fraction of sp³-hybridized carbons (Fsp3) is 0.538. The number of piperidine rings is 1. The zero-order valence-corrected chi connectivity index (χ0v) is 20.7. The molecule has 1 aromatic heterocycles. The van der Waals surface area contributed by atoms with E-state index in [1.165, 1.54) is 25.1 Å². The number of likely N-dealkylation sites (tertiary alicyclic amines) is 1. The average Bonchev–Trinajstić information content (AvgIpc) is 3.69. The van der Waals surface area contributed by atoms with Crippen LogP contribution in [-0.4, -0.2) is 48.0 Å². The molecular formula is C26H29F5N4O2. The van der Waals surface area contributed by atoms with Crippen molar-refractivity contribution in [3.8, 4) is 0 Å². The summed E-state index contributed by atoms with van der Waals surface area (Å²) >= 11 is 0. The quantitative estimate of drug-likeness (QED) is 0.505. The summed E-state index contributed by atoms with van der Waals surface area (Å²) in [5, 5.41) is 5.85. The fourth-order valence-electron chi connectivity index (χ4n) is 5.58. The second-order valence-electron chi connectivity index (χ2n) is 10.7. The van der Waals surface area contributed by atoms with E-state index in [4.69, 9.17) is 0 Å². The number of nitrogens with one attached hydrogen (secondary N) is 2. The third kappa shape index (κ3) is 4.51. The molecule has 2 aromatic rings. The van der Waals surface area contributed by atoms with Gasteiger partial charge in [-0.05, 0) is 38.6 Å². The smallest absolute Gasteiger partial charge is 0.273 e. The molecule has 3 fully saturated rings. The highest BCUT2D eigenvalue weighted by atomic mass is 19.3. The van der Waals surface area contributed by atoms with Gasteiger partial charge in [-0.3, -0.25) is 9.59 Å². The number of fused-ring (bicyclic) bond motifs is 1. The minimum Gasteiger partial charge on any atom is -0.381 e. The van der Waals surface area contributed by atoms with Crippen LogP contribution in [0.5, 0.6) is 0 Å². The van der Waals surface area contributed by atoms with Crippen LogP contribution < -0.4 is 16.2 Å². The number of halogens is 5. The van der Waals surface area contributed by atoms with Crippen LogP contribution in [0.1, 0.15) is 54.2 Å². The Hall–Kier alpha value is -2.95. The molecular weight excluding hydrogens is 495 g/mol. The van der Waals surface area contributed by atoms with E-state index in [2.05, 4.69) is 15.5 Å². The van der Waals surface area contributed by atoms with Gasteiger partial charge in [0.25, 0.3) is 23.8 Å². The molecule has 0 bridgehead atoms. The van der Waals surface area contributed by atoms with Crippen LogP contribution in [-0.2, 0) is 11.5 Å². The van der Waals surface area contributed by atoms with Crippen LogP contribution in [0.4, 0.5) is 27.6 Å². The Labute approximate surface area is 210 Å². The number of amides is 1. The van der Waals surface area contributed by atoms with E-state index in [9.17, 15) is 31.5 Å². The molecule has 1 aliphatic heterocycles. The van der Waals surface area contributed by atoms with Crippen LogP contribution >= 0.6 is 0 Å². The number of aromatic nitrogens is 1. The Morgan fingerprint density at radius 3 is 2.41 bits per heavy atom. The predicted molar refractivity (Wildman–Crippen MR) is 128 cm³/mol. The van der Waals surface area contributed by atoms with Gasteiger partial charge in [0.1, 0.15) is 11.4 Å². The van der Waals surface area contributed by atoms with Gasteiger partial charge in [0.2, 0.25) is 0 Å². The first-order valence-electron chi connectivity index (χ1n) is 12.3. The lowest BCUT2D eigenvalue weighted by atomic mass is 10.0. The third-order valence-electron chi connectivity index (χ3n) is 7.96. The number of rotatable bonds is 8. The largest absolute Gasteiger partial charge is 0.381 e. The monoisotopic (exact) mass is 524 g/mol. The highest BCUT2D eigenvalue weighted by Gasteiger charge is 2.56. The Kier molecular flexibility index (Phi) is 6.12. The Morgan fingerprint density at radius 1 is 1.19 bits per heavy atom. The maximum atomic E-state index is 14.9. The van der Waals surface area contributed by atoms with E-state index >= 15 is 0 Å². The van der Waals surface area contributed by atoms with Crippen LogP contribution in [0.15, 0.2) is 35.3 Å². The van der Waals surface area contributed by atoms with Crippen molar-refractivity contribution in [2.75, 3.05) is 25.5 Å². The number of nitrogens with zero attached hydrogens (tertiary/aromatic N) is 2. The molecule has 37 heavy (non-hydrogen) atoms. The van der Waals surface area contributed by atoms with Crippen molar-refractivity contribution in [1.29, 1.82) is 0 Å². The Bertz CT molecular complexity index is 1270. The molecule has 2 heterocycles. The summed E-state index contributed by atoms with van der Waals surface area (Å²) < 4.78 is 71.1. The first kappa shape index (κ1) is 25.7. The molecule has 1 amide bonds. The van der Waals surface area contributed by atoms with Crippen molar-refractivity contribution in [1.82, 2.24) is 14.8 Å². The first-order valence-corrected chi connectivity index (χ1v) is 12.3. The highest BCUT2D eigenvalue weighted by Crippen LogP contribution is 2.49. The zero-order valence-electron chi connectivity index (χ0n) is 20.7. The standard InChI is InChI=1S/C26H29F5N4O2/c1-13(14-5-4-6-18(21(14)27)25(2,30)31)32-23(37)17-12-35(26(7-8-26)24(28)29)20(36)9-19(17)33-22-15-10-34(3)11-16(15)22/h4-6,9,12-13,15-16,22,24,33H,7-8,10-11H2,1-3H3,(H,32,37)/t13-,15-,16+,22+/m1/s1. The van der Waals surface area contributed by atoms with E-state index in [1.807, 2.05) is 7.05 Å². The number of hydrogen-bond acceptors (Lipinski definition) is 4. The summed E-state index contributed by atoms with van der Waals surface area (Å²) in [6.45, 7) is 3.76. The minimum atomic E-state index is -3.42. The van der Waals surface area contributed by atoms with Crippen LogP contribution in [0.3, 0.4) is 0 Å².